The number of carbonyl (C=O) groups is 1. The maximum atomic E-state index is 10.5. The van der Waals surface area contributed by atoms with Crippen molar-refractivity contribution in [3.8, 4) is 0 Å². The number of aliphatic carboxylic acids is 1. The topological polar surface area (TPSA) is 98.0 Å². The van der Waals surface area contributed by atoms with Crippen LogP contribution in [0.25, 0.3) is 0 Å². The van der Waals surface area contributed by atoms with Crippen LogP contribution in [0.2, 0.25) is 0 Å². The number of hydrogen-bond donors (Lipinski definition) is 4. The van der Waals surface area contributed by atoms with Crippen molar-refractivity contribution in [1.29, 1.82) is 0 Å². The lowest BCUT2D eigenvalue weighted by Gasteiger charge is -2.19. The van der Waals surface area contributed by atoms with Gasteiger partial charge < -0.3 is 20.4 Å². The summed E-state index contributed by atoms with van der Waals surface area (Å²) in [5, 5.41) is 39.0. The minimum absolute atomic E-state index is 0.0650. The Labute approximate surface area is 151 Å². The molecule has 0 aliphatic heterocycles. The highest BCUT2D eigenvalue weighted by molar-refractivity contribution is 5.66. The number of carboxylic acid groups (broad SMARTS) is 1. The third-order valence-electron chi connectivity index (χ3n) is 4.91. The molecule has 0 amide bonds. The highest BCUT2D eigenvalue weighted by Gasteiger charge is 2.39. The second kappa shape index (κ2) is 12.2. The fraction of sp³-hybridized carbons (Fsp3) is 0.750. The predicted octanol–water partition coefficient (Wildman–Crippen LogP) is 3.04. The van der Waals surface area contributed by atoms with Crippen LogP contribution in [0.5, 0.6) is 0 Å². The minimum atomic E-state index is -0.787. The van der Waals surface area contributed by atoms with E-state index in [1.54, 1.807) is 6.08 Å². The van der Waals surface area contributed by atoms with Crippen molar-refractivity contribution < 1.29 is 25.2 Å². The van der Waals surface area contributed by atoms with Crippen LogP contribution in [-0.2, 0) is 4.79 Å². The van der Waals surface area contributed by atoms with Crippen LogP contribution in [0.4, 0.5) is 0 Å². The molecule has 5 atom stereocenters. The van der Waals surface area contributed by atoms with Gasteiger partial charge in [-0.2, -0.15) is 0 Å². The first kappa shape index (κ1) is 21.9. The molecule has 0 unspecified atom stereocenters. The summed E-state index contributed by atoms with van der Waals surface area (Å²) >= 11 is 0. The van der Waals surface area contributed by atoms with Gasteiger partial charge in [0.1, 0.15) is 0 Å². The van der Waals surface area contributed by atoms with Gasteiger partial charge in [0, 0.05) is 18.8 Å². The van der Waals surface area contributed by atoms with Gasteiger partial charge in [-0.25, -0.2) is 0 Å². The molecule has 5 heteroatoms. The maximum absolute atomic E-state index is 10.5. The van der Waals surface area contributed by atoms with Crippen LogP contribution in [0.1, 0.15) is 64.7 Å². The van der Waals surface area contributed by atoms with Crippen LogP contribution in [0.3, 0.4) is 0 Å². The smallest absolute Gasteiger partial charge is 0.303 e. The number of carboxylic acids is 1. The Bertz CT molecular complexity index is 432. The van der Waals surface area contributed by atoms with Gasteiger partial charge >= 0.3 is 5.97 Å². The molecule has 0 radical (unpaired) electrons. The quantitative estimate of drug-likeness (QED) is 0.319. The average molecular weight is 354 g/mol. The molecule has 4 N–H and O–H groups in total. The summed E-state index contributed by atoms with van der Waals surface area (Å²) in [6.45, 7) is 2.12. The number of aliphatic hydroxyl groups excluding tert-OH is 3. The van der Waals surface area contributed by atoms with Crippen molar-refractivity contribution in [2.24, 2.45) is 11.8 Å². The van der Waals surface area contributed by atoms with Gasteiger partial charge in [-0.3, -0.25) is 4.79 Å². The summed E-state index contributed by atoms with van der Waals surface area (Å²) in [5.41, 5.74) is 0. The molecule has 0 aromatic rings. The molecule has 0 aromatic heterocycles. The summed E-state index contributed by atoms with van der Waals surface area (Å²) in [6.07, 6.45) is 12.3. The van der Waals surface area contributed by atoms with Gasteiger partial charge in [0.05, 0.1) is 18.3 Å². The monoisotopic (exact) mass is 354 g/mol. The summed E-state index contributed by atoms with van der Waals surface area (Å²) in [7, 11) is 0. The van der Waals surface area contributed by atoms with Crippen molar-refractivity contribution in [3.63, 3.8) is 0 Å². The lowest BCUT2D eigenvalue weighted by molar-refractivity contribution is -0.137. The van der Waals surface area contributed by atoms with Crippen LogP contribution in [0.15, 0.2) is 24.3 Å². The maximum Gasteiger partial charge on any atom is 0.303 e. The molecular weight excluding hydrogens is 320 g/mol. The van der Waals surface area contributed by atoms with Crippen molar-refractivity contribution in [1.82, 2.24) is 0 Å². The van der Waals surface area contributed by atoms with Gasteiger partial charge in [0.25, 0.3) is 0 Å². The first-order chi connectivity index (χ1) is 12.0. The number of rotatable bonds is 12. The Morgan fingerprint density at radius 2 is 1.92 bits per heavy atom. The van der Waals surface area contributed by atoms with E-state index in [0.717, 1.165) is 25.7 Å². The molecular formula is C20H34O5. The highest BCUT2D eigenvalue weighted by Crippen LogP contribution is 2.36. The van der Waals surface area contributed by atoms with Crippen molar-refractivity contribution >= 4 is 5.97 Å². The molecule has 0 aromatic carbocycles. The van der Waals surface area contributed by atoms with Gasteiger partial charge in [-0.15, -0.1) is 0 Å². The second-order valence-corrected chi connectivity index (χ2v) is 7.05. The third-order valence-corrected chi connectivity index (χ3v) is 4.91. The van der Waals surface area contributed by atoms with Crippen LogP contribution in [0, 0.1) is 11.8 Å². The molecule has 1 rings (SSSR count). The van der Waals surface area contributed by atoms with Crippen molar-refractivity contribution in [2.45, 2.75) is 83.0 Å². The van der Waals surface area contributed by atoms with E-state index in [1.807, 2.05) is 18.2 Å². The van der Waals surface area contributed by atoms with E-state index >= 15 is 0 Å². The highest BCUT2D eigenvalue weighted by atomic mass is 16.4. The first-order valence-corrected chi connectivity index (χ1v) is 9.55. The Balaban J connectivity index is 2.46. The molecule has 0 heterocycles. The molecule has 1 aliphatic carbocycles. The summed E-state index contributed by atoms with van der Waals surface area (Å²) in [6, 6.07) is 0. The molecule has 0 spiro atoms. The molecule has 1 saturated carbocycles. The predicted molar refractivity (Wildman–Crippen MR) is 98.1 cm³/mol. The van der Waals surface area contributed by atoms with E-state index in [2.05, 4.69) is 6.92 Å². The van der Waals surface area contributed by atoms with Crippen LogP contribution >= 0.6 is 0 Å². The Morgan fingerprint density at radius 3 is 2.60 bits per heavy atom. The number of hydrogen-bond acceptors (Lipinski definition) is 4. The van der Waals surface area contributed by atoms with Crippen molar-refractivity contribution in [3.05, 3.63) is 24.3 Å². The van der Waals surface area contributed by atoms with Gasteiger partial charge in [-0.1, -0.05) is 50.5 Å². The molecule has 0 saturated heterocycles. The van der Waals surface area contributed by atoms with E-state index in [-0.39, 0.29) is 18.3 Å². The SMILES string of the molecule is CCCCC[C@@H](O)/C=C/[C@@H]1[C@@H](C/C=C/CCCC(=O)O)[C@@H](O)C[C@H]1O. The van der Waals surface area contributed by atoms with E-state index in [1.165, 1.54) is 0 Å². The Hall–Kier alpha value is -1.17. The van der Waals surface area contributed by atoms with E-state index < -0.39 is 24.3 Å². The summed E-state index contributed by atoms with van der Waals surface area (Å²) < 4.78 is 0. The van der Waals surface area contributed by atoms with E-state index in [0.29, 0.717) is 25.7 Å². The number of aliphatic hydroxyl groups is 3. The second-order valence-electron chi connectivity index (χ2n) is 7.05. The molecule has 25 heavy (non-hydrogen) atoms. The van der Waals surface area contributed by atoms with E-state index in [9.17, 15) is 20.1 Å². The zero-order valence-corrected chi connectivity index (χ0v) is 15.3. The minimum Gasteiger partial charge on any atom is -0.481 e. The fourth-order valence-corrected chi connectivity index (χ4v) is 3.41. The van der Waals surface area contributed by atoms with Crippen molar-refractivity contribution in [2.75, 3.05) is 0 Å². The zero-order valence-electron chi connectivity index (χ0n) is 15.3. The van der Waals surface area contributed by atoms with Crippen LogP contribution < -0.4 is 0 Å². The summed E-state index contributed by atoms with van der Waals surface area (Å²) in [5.74, 6) is -1.00. The fourth-order valence-electron chi connectivity index (χ4n) is 3.41. The molecule has 144 valence electrons. The normalized spacial score (nSPS) is 28.2. The number of unbranched alkanes of at least 4 members (excludes halogenated alkanes) is 3. The largest absolute Gasteiger partial charge is 0.481 e. The average Bonchev–Trinajstić information content (AvgIpc) is 2.82. The Morgan fingerprint density at radius 1 is 1.16 bits per heavy atom. The zero-order chi connectivity index (χ0) is 18.7. The van der Waals surface area contributed by atoms with E-state index in [4.69, 9.17) is 5.11 Å². The molecule has 0 bridgehead atoms. The van der Waals surface area contributed by atoms with Gasteiger partial charge in [0.2, 0.25) is 0 Å². The molecule has 5 nitrogen and oxygen atoms in total. The first-order valence-electron chi connectivity index (χ1n) is 9.55. The van der Waals surface area contributed by atoms with Gasteiger partial charge in [-0.05, 0) is 31.6 Å². The molecule has 1 aliphatic rings. The standard InChI is InChI=1S/C20H34O5/c1-2-3-6-9-15(21)12-13-17-16(18(22)14-19(17)23)10-7-4-5-8-11-20(24)25/h4,7,12-13,15-19,21-23H,2-3,5-6,8-11,14H2,1H3,(H,24,25)/b7-4+,13-12+/t15-,16-,17-,18+,19-/m1/s1. The summed E-state index contributed by atoms with van der Waals surface area (Å²) in [4.78, 5) is 10.5. The third kappa shape index (κ3) is 8.66. The lowest BCUT2D eigenvalue weighted by atomic mass is 9.89. The van der Waals surface area contributed by atoms with Gasteiger partial charge in [0.15, 0.2) is 0 Å². The Kier molecular flexibility index (Phi) is 10.7. The molecule has 1 fully saturated rings. The number of allylic oxidation sites excluding steroid dienone is 2. The van der Waals surface area contributed by atoms with Crippen LogP contribution in [-0.4, -0.2) is 44.7 Å². The lowest BCUT2D eigenvalue weighted by Crippen LogP contribution is -2.20.